The first-order chi connectivity index (χ1) is 8.38. The molecule has 0 aromatic rings. The van der Waals surface area contributed by atoms with Gasteiger partial charge >= 0.3 is 5.97 Å². The van der Waals surface area contributed by atoms with Crippen LogP contribution in [0.2, 0.25) is 0 Å². The third-order valence-electron chi connectivity index (χ3n) is 3.18. The SMILES string of the molecule is CC(CCNC(=O)C(CN)C(C)C)CCC(=O)O. The molecule has 2 unspecified atom stereocenters. The fourth-order valence-electron chi connectivity index (χ4n) is 1.77. The second-order valence-corrected chi connectivity index (χ2v) is 5.20. The first kappa shape index (κ1) is 16.9. The Morgan fingerprint density at radius 3 is 2.28 bits per heavy atom. The van der Waals surface area contributed by atoms with E-state index >= 15 is 0 Å². The number of nitrogens with two attached hydrogens (primary N) is 1. The summed E-state index contributed by atoms with van der Waals surface area (Å²) in [5.41, 5.74) is 5.56. The van der Waals surface area contributed by atoms with E-state index in [1.165, 1.54) is 0 Å². The molecule has 4 N–H and O–H groups in total. The van der Waals surface area contributed by atoms with Crippen molar-refractivity contribution in [2.45, 2.75) is 40.0 Å². The van der Waals surface area contributed by atoms with Crippen molar-refractivity contribution in [1.29, 1.82) is 0 Å². The van der Waals surface area contributed by atoms with Gasteiger partial charge in [0.1, 0.15) is 0 Å². The summed E-state index contributed by atoms with van der Waals surface area (Å²) in [5, 5.41) is 11.4. The molecule has 0 aromatic carbocycles. The molecule has 0 aromatic heterocycles. The zero-order valence-corrected chi connectivity index (χ0v) is 11.6. The first-order valence-corrected chi connectivity index (χ1v) is 6.58. The monoisotopic (exact) mass is 258 g/mol. The van der Waals surface area contributed by atoms with Crippen LogP contribution >= 0.6 is 0 Å². The molecular weight excluding hydrogens is 232 g/mol. The van der Waals surface area contributed by atoms with Crippen LogP contribution in [0.15, 0.2) is 0 Å². The summed E-state index contributed by atoms with van der Waals surface area (Å²) < 4.78 is 0. The smallest absolute Gasteiger partial charge is 0.303 e. The molecule has 0 aliphatic heterocycles. The minimum atomic E-state index is -0.770. The van der Waals surface area contributed by atoms with E-state index < -0.39 is 5.97 Å². The largest absolute Gasteiger partial charge is 0.481 e. The molecule has 0 rings (SSSR count). The molecular formula is C13H26N2O3. The van der Waals surface area contributed by atoms with Crippen LogP contribution in [0.25, 0.3) is 0 Å². The normalized spacial score (nSPS) is 14.3. The van der Waals surface area contributed by atoms with Crippen LogP contribution in [0.1, 0.15) is 40.0 Å². The van der Waals surface area contributed by atoms with E-state index in [0.29, 0.717) is 25.4 Å². The number of carbonyl (C=O) groups is 2. The highest BCUT2D eigenvalue weighted by atomic mass is 16.4. The number of hydrogen-bond donors (Lipinski definition) is 3. The quantitative estimate of drug-likeness (QED) is 0.580. The van der Waals surface area contributed by atoms with Crippen molar-refractivity contribution < 1.29 is 14.7 Å². The molecule has 0 saturated heterocycles. The van der Waals surface area contributed by atoms with Gasteiger partial charge in [-0.25, -0.2) is 0 Å². The lowest BCUT2D eigenvalue weighted by Gasteiger charge is -2.19. The number of nitrogens with one attached hydrogen (secondary N) is 1. The van der Waals surface area contributed by atoms with Crippen molar-refractivity contribution in [1.82, 2.24) is 5.32 Å². The van der Waals surface area contributed by atoms with Gasteiger partial charge in [-0.1, -0.05) is 20.8 Å². The van der Waals surface area contributed by atoms with Gasteiger partial charge in [0.25, 0.3) is 0 Å². The molecule has 5 nitrogen and oxygen atoms in total. The van der Waals surface area contributed by atoms with E-state index in [0.717, 1.165) is 6.42 Å². The Morgan fingerprint density at radius 1 is 1.22 bits per heavy atom. The maximum Gasteiger partial charge on any atom is 0.303 e. The standard InChI is InChI=1S/C13H26N2O3/c1-9(2)11(8-14)13(18)15-7-6-10(3)4-5-12(16)17/h9-11H,4-8,14H2,1-3H3,(H,15,18)(H,16,17). The molecule has 18 heavy (non-hydrogen) atoms. The molecule has 5 heteroatoms. The topological polar surface area (TPSA) is 92.4 Å². The predicted molar refractivity (Wildman–Crippen MR) is 71.0 cm³/mol. The Kier molecular flexibility index (Phi) is 8.37. The summed E-state index contributed by atoms with van der Waals surface area (Å²) in [6.45, 7) is 6.90. The Balaban J connectivity index is 3.82. The summed E-state index contributed by atoms with van der Waals surface area (Å²) in [7, 11) is 0. The van der Waals surface area contributed by atoms with Gasteiger partial charge in [0.2, 0.25) is 5.91 Å². The first-order valence-electron chi connectivity index (χ1n) is 6.58. The third-order valence-corrected chi connectivity index (χ3v) is 3.18. The second-order valence-electron chi connectivity index (χ2n) is 5.20. The molecule has 0 radical (unpaired) electrons. The summed E-state index contributed by atoms with van der Waals surface area (Å²) >= 11 is 0. The van der Waals surface area contributed by atoms with Gasteiger partial charge in [0, 0.05) is 19.5 Å². The summed E-state index contributed by atoms with van der Waals surface area (Å²) in [6, 6.07) is 0. The van der Waals surface area contributed by atoms with Crippen LogP contribution in [0, 0.1) is 17.8 Å². The molecule has 0 bridgehead atoms. The highest BCUT2D eigenvalue weighted by Crippen LogP contribution is 2.11. The van der Waals surface area contributed by atoms with Gasteiger partial charge in [0.15, 0.2) is 0 Å². The Bertz CT molecular complexity index is 267. The van der Waals surface area contributed by atoms with Crippen LogP contribution in [-0.4, -0.2) is 30.1 Å². The minimum Gasteiger partial charge on any atom is -0.481 e. The minimum absolute atomic E-state index is 0.00191. The average molecular weight is 258 g/mol. The van der Waals surface area contributed by atoms with Crippen LogP contribution < -0.4 is 11.1 Å². The molecule has 2 atom stereocenters. The van der Waals surface area contributed by atoms with Crippen LogP contribution in [0.4, 0.5) is 0 Å². The third kappa shape index (κ3) is 7.27. The van der Waals surface area contributed by atoms with Gasteiger partial charge in [-0.05, 0) is 24.7 Å². The van der Waals surface area contributed by atoms with E-state index in [-0.39, 0.29) is 24.2 Å². The summed E-state index contributed by atoms with van der Waals surface area (Å²) in [6.07, 6.45) is 1.64. The van der Waals surface area contributed by atoms with Crippen LogP contribution in [0.3, 0.4) is 0 Å². The average Bonchev–Trinajstić information content (AvgIpc) is 2.26. The zero-order chi connectivity index (χ0) is 14.1. The van der Waals surface area contributed by atoms with E-state index in [9.17, 15) is 9.59 Å². The maximum atomic E-state index is 11.8. The molecule has 106 valence electrons. The molecule has 0 aliphatic carbocycles. The summed E-state index contributed by atoms with van der Waals surface area (Å²) in [5.74, 6) is -0.373. The van der Waals surface area contributed by atoms with Gasteiger partial charge in [0.05, 0.1) is 5.92 Å². The van der Waals surface area contributed by atoms with E-state index in [1.807, 2.05) is 20.8 Å². The van der Waals surface area contributed by atoms with Gasteiger partial charge in [-0.3, -0.25) is 9.59 Å². The number of carboxylic acid groups (broad SMARTS) is 1. The fraction of sp³-hybridized carbons (Fsp3) is 0.846. The van der Waals surface area contributed by atoms with Crippen molar-refractivity contribution in [2.24, 2.45) is 23.5 Å². The van der Waals surface area contributed by atoms with Crippen molar-refractivity contribution in [3.05, 3.63) is 0 Å². The number of carboxylic acids is 1. The van der Waals surface area contributed by atoms with Crippen molar-refractivity contribution in [2.75, 3.05) is 13.1 Å². The number of rotatable bonds is 9. The van der Waals surface area contributed by atoms with Crippen molar-refractivity contribution in [3.8, 4) is 0 Å². The van der Waals surface area contributed by atoms with Crippen LogP contribution in [-0.2, 0) is 9.59 Å². The van der Waals surface area contributed by atoms with Gasteiger partial charge < -0.3 is 16.2 Å². The van der Waals surface area contributed by atoms with Crippen molar-refractivity contribution >= 4 is 11.9 Å². The lowest BCUT2D eigenvalue weighted by molar-refractivity contribution is -0.137. The molecule has 0 aliphatic rings. The number of carbonyl (C=O) groups excluding carboxylic acids is 1. The van der Waals surface area contributed by atoms with E-state index in [2.05, 4.69) is 5.32 Å². The summed E-state index contributed by atoms with van der Waals surface area (Å²) in [4.78, 5) is 22.2. The highest BCUT2D eigenvalue weighted by molar-refractivity contribution is 5.79. The molecule has 0 spiro atoms. The number of aliphatic carboxylic acids is 1. The predicted octanol–water partition coefficient (Wildman–Crippen LogP) is 1.22. The number of hydrogen-bond acceptors (Lipinski definition) is 3. The molecule has 1 amide bonds. The fourth-order valence-corrected chi connectivity index (χ4v) is 1.77. The van der Waals surface area contributed by atoms with Gasteiger partial charge in [-0.15, -0.1) is 0 Å². The van der Waals surface area contributed by atoms with Crippen LogP contribution in [0.5, 0.6) is 0 Å². The van der Waals surface area contributed by atoms with Crippen molar-refractivity contribution in [3.63, 3.8) is 0 Å². The van der Waals surface area contributed by atoms with Gasteiger partial charge in [-0.2, -0.15) is 0 Å². The number of amides is 1. The molecule has 0 saturated carbocycles. The maximum absolute atomic E-state index is 11.8. The lowest BCUT2D eigenvalue weighted by Crippen LogP contribution is -2.38. The Labute approximate surface area is 109 Å². The lowest BCUT2D eigenvalue weighted by atomic mass is 9.95. The second kappa shape index (κ2) is 8.91. The highest BCUT2D eigenvalue weighted by Gasteiger charge is 2.19. The Hall–Kier alpha value is -1.10. The zero-order valence-electron chi connectivity index (χ0n) is 11.6. The van der Waals surface area contributed by atoms with E-state index in [4.69, 9.17) is 10.8 Å². The Morgan fingerprint density at radius 2 is 1.83 bits per heavy atom. The molecule has 0 heterocycles. The van der Waals surface area contributed by atoms with E-state index in [1.54, 1.807) is 0 Å². The molecule has 0 fully saturated rings.